The molecule has 3 rings (SSSR count). The van der Waals surface area contributed by atoms with Crippen LogP contribution in [0.15, 0.2) is 52.4 Å². The van der Waals surface area contributed by atoms with Crippen LogP contribution >= 0.6 is 11.8 Å². The summed E-state index contributed by atoms with van der Waals surface area (Å²) in [5.74, 6) is -0.617. The molecular weight excluding hydrogens is 439 g/mol. The number of rotatable bonds is 7. The maximum atomic E-state index is 13.6. The van der Waals surface area contributed by atoms with E-state index in [0.717, 1.165) is 18.1 Å². The smallest absolute Gasteiger partial charge is 0.325 e. The number of fused-ring (bicyclic) bond motifs is 1. The van der Waals surface area contributed by atoms with E-state index in [2.05, 4.69) is 10.3 Å². The standard InChI is InChI=1S/C23H24F3N3O2S/c1-4-15(3)32-16-8-9-19(18(12-16)23(24,25)26)28-20(30)10-11-29-13-27-21-14(2)6-5-7-17(21)22(29)31/h5-9,12-13,15H,4,10-11H2,1-3H3,(H,28,30). The quantitative estimate of drug-likeness (QED) is 0.461. The predicted molar refractivity (Wildman–Crippen MR) is 121 cm³/mol. The van der Waals surface area contributed by atoms with Crippen molar-refractivity contribution in [3.05, 3.63) is 64.2 Å². The van der Waals surface area contributed by atoms with E-state index in [4.69, 9.17) is 0 Å². The summed E-state index contributed by atoms with van der Waals surface area (Å²) in [6, 6.07) is 9.16. The lowest BCUT2D eigenvalue weighted by atomic mass is 10.1. The van der Waals surface area contributed by atoms with Gasteiger partial charge in [0, 0.05) is 23.1 Å². The zero-order valence-corrected chi connectivity index (χ0v) is 18.8. The normalized spacial score (nSPS) is 12.7. The minimum absolute atomic E-state index is 0.00481. The van der Waals surface area contributed by atoms with E-state index in [0.29, 0.717) is 15.8 Å². The first kappa shape index (κ1) is 23.8. The van der Waals surface area contributed by atoms with Gasteiger partial charge in [-0.05, 0) is 43.2 Å². The topological polar surface area (TPSA) is 64.0 Å². The SMILES string of the molecule is CCC(C)Sc1ccc(NC(=O)CCn2cnc3c(C)cccc3c2=O)c(C(F)(F)F)c1. The summed E-state index contributed by atoms with van der Waals surface area (Å²) in [5.41, 5.74) is -0.0360. The average molecular weight is 464 g/mol. The molecule has 9 heteroatoms. The van der Waals surface area contributed by atoms with E-state index in [9.17, 15) is 22.8 Å². The molecule has 0 radical (unpaired) electrons. The van der Waals surface area contributed by atoms with E-state index < -0.39 is 17.6 Å². The number of halogens is 3. The molecule has 5 nitrogen and oxygen atoms in total. The summed E-state index contributed by atoms with van der Waals surface area (Å²) in [7, 11) is 0. The lowest BCUT2D eigenvalue weighted by molar-refractivity contribution is -0.137. The van der Waals surface area contributed by atoms with Gasteiger partial charge in [-0.2, -0.15) is 13.2 Å². The summed E-state index contributed by atoms with van der Waals surface area (Å²) in [5, 5.41) is 2.95. The number of hydrogen-bond acceptors (Lipinski definition) is 4. The molecule has 0 saturated heterocycles. The first-order chi connectivity index (χ1) is 15.1. The third-order valence-electron chi connectivity index (χ3n) is 5.12. The van der Waals surface area contributed by atoms with Gasteiger partial charge in [-0.1, -0.05) is 26.0 Å². The molecule has 170 valence electrons. The summed E-state index contributed by atoms with van der Waals surface area (Å²) >= 11 is 1.35. The second-order valence-corrected chi connectivity index (χ2v) is 9.07. The average Bonchev–Trinajstić information content (AvgIpc) is 2.74. The Morgan fingerprint density at radius 1 is 1.25 bits per heavy atom. The Hall–Kier alpha value is -2.81. The number of alkyl halides is 3. The summed E-state index contributed by atoms with van der Waals surface area (Å²) in [4.78, 5) is 29.8. The summed E-state index contributed by atoms with van der Waals surface area (Å²) in [6.07, 6.45) is -2.59. The van der Waals surface area contributed by atoms with Gasteiger partial charge >= 0.3 is 6.18 Å². The number of aryl methyl sites for hydroxylation is 2. The van der Waals surface area contributed by atoms with Gasteiger partial charge in [-0.25, -0.2) is 4.98 Å². The molecule has 1 amide bonds. The maximum Gasteiger partial charge on any atom is 0.418 e. The first-order valence-corrected chi connectivity index (χ1v) is 11.1. The van der Waals surface area contributed by atoms with Gasteiger partial charge in [0.1, 0.15) is 0 Å². The van der Waals surface area contributed by atoms with Crippen LogP contribution in [0.5, 0.6) is 0 Å². The Kier molecular flexibility index (Phi) is 7.28. The lowest BCUT2D eigenvalue weighted by Gasteiger charge is -2.16. The van der Waals surface area contributed by atoms with Gasteiger partial charge in [-0.3, -0.25) is 14.2 Å². The van der Waals surface area contributed by atoms with Crippen LogP contribution in [-0.4, -0.2) is 20.7 Å². The first-order valence-electron chi connectivity index (χ1n) is 10.2. The third-order valence-corrected chi connectivity index (χ3v) is 6.38. The Balaban J connectivity index is 1.75. The number of nitrogens with one attached hydrogen (secondary N) is 1. The minimum atomic E-state index is -4.61. The second kappa shape index (κ2) is 9.77. The largest absolute Gasteiger partial charge is 0.418 e. The Labute approximate surface area is 188 Å². The van der Waals surface area contributed by atoms with E-state index in [1.165, 1.54) is 28.7 Å². The highest BCUT2D eigenvalue weighted by atomic mass is 32.2. The number of benzene rings is 2. The molecule has 1 N–H and O–H groups in total. The second-order valence-electron chi connectivity index (χ2n) is 7.55. The van der Waals surface area contributed by atoms with Gasteiger partial charge in [-0.15, -0.1) is 11.8 Å². The Morgan fingerprint density at radius 2 is 2.00 bits per heavy atom. The van der Waals surface area contributed by atoms with Gasteiger partial charge in [0.2, 0.25) is 5.91 Å². The number of nitrogens with zero attached hydrogens (tertiary/aromatic N) is 2. The van der Waals surface area contributed by atoms with Crippen LogP contribution < -0.4 is 10.9 Å². The molecule has 0 aliphatic heterocycles. The number of thioether (sulfide) groups is 1. The van der Waals surface area contributed by atoms with Gasteiger partial charge in [0.05, 0.1) is 28.5 Å². The molecule has 2 aromatic carbocycles. The van der Waals surface area contributed by atoms with Gasteiger partial charge < -0.3 is 5.32 Å². The fourth-order valence-electron chi connectivity index (χ4n) is 3.19. The number of hydrogen-bond donors (Lipinski definition) is 1. The highest BCUT2D eigenvalue weighted by Crippen LogP contribution is 2.38. The zero-order valence-electron chi connectivity index (χ0n) is 18.0. The van der Waals surface area contributed by atoms with Crippen molar-refractivity contribution in [2.24, 2.45) is 0 Å². The van der Waals surface area contributed by atoms with Crippen molar-refractivity contribution >= 4 is 34.3 Å². The molecule has 0 fully saturated rings. The number of anilines is 1. The molecule has 0 aliphatic carbocycles. The van der Waals surface area contributed by atoms with Crippen LogP contribution in [0.1, 0.15) is 37.8 Å². The molecule has 32 heavy (non-hydrogen) atoms. The van der Waals surface area contributed by atoms with E-state index >= 15 is 0 Å². The van der Waals surface area contributed by atoms with E-state index in [1.807, 2.05) is 26.8 Å². The molecule has 1 aromatic heterocycles. The minimum Gasteiger partial charge on any atom is -0.325 e. The maximum absolute atomic E-state index is 13.6. The highest BCUT2D eigenvalue weighted by Gasteiger charge is 2.34. The molecule has 0 aliphatic rings. The van der Waals surface area contributed by atoms with Crippen molar-refractivity contribution in [1.82, 2.24) is 9.55 Å². The fourth-order valence-corrected chi connectivity index (χ4v) is 4.15. The van der Waals surface area contributed by atoms with E-state index in [-0.39, 0.29) is 29.5 Å². The summed E-state index contributed by atoms with van der Waals surface area (Å²) < 4.78 is 42.0. The van der Waals surface area contributed by atoms with Gasteiger partial charge in [0.15, 0.2) is 0 Å². The van der Waals surface area contributed by atoms with Crippen molar-refractivity contribution < 1.29 is 18.0 Å². The third kappa shape index (κ3) is 5.51. The van der Waals surface area contributed by atoms with Crippen molar-refractivity contribution in [3.8, 4) is 0 Å². The van der Waals surface area contributed by atoms with Crippen LogP contribution in [-0.2, 0) is 17.5 Å². The fraction of sp³-hybridized carbons (Fsp3) is 0.348. The molecule has 0 spiro atoms. The molecular formula is C23H24F3N3O2S. The molecule has 1 unspecified atom stereocenters. The van der Waals surface area contributed by atoms with E-state index in [1.54, 1.807) is 18.2 Å². The number of carbonyl (C=O) groups is 1. The molecule has 1 heterocycles. The number of aromatic nitrogens is 2. The van der Waals surface area contributed by atoms with Crippen LogP contribution in [0.4, 0.5) is 18.9 Å². The number of amides is 1. The molecule has 3 aromatic rings. The predicted octanol–water partition coefficient (Wildman–Crippen LogP) is 5.64. The van der Waals surface area contributed by atoms with Crippen molar-refractivity contribution in [1.29, 1.82) is 0 Å². The molecule has 0 saturated carbocycles. The van der Waals surface area contributed by atoms with Crippen LogP contribution in [0.3, 0.4) is 0 Å². The van der Waals surface area contributed by atoms with Crippen LogP contribution in [0.2, 0.25) is 0 Å². The van der Waals surface area contributed by atoms with Gasteiger partial charge in [0.25, 0.3) is 5.56 Å². The van der Waals surface area contributed by atoms with Crippen LogP contribution in [0.25, 0.3) is 10.9 Å². The van der Waals surface area contributed by atoms with Crippen LogP contribution in [0, 0.1) is 6.92 Å². The van der Waals surface area contributed by atoms with Crippen molar-refractivity contribution in [2.45, 2.75) is 56.5 Å². The number of carbonyl (C=O) groups excluding carboxylic acids is 1. The Bertz CT molecular complexity index is 1190. The summed E-state index contributed by atoms with van der Waals surface area (Å²) in [6.45, 7) is 5.76. The zero-order chi connectivity index (χ0) is 23.5. The van der Waals surface area contributed by atoms with Crippen molar-refractivity contribution in [3.63, 3.8) is 0 Å². The van der Waals surface area contributed by atoms with Crippen molar-refractivity contribution in [2.75, 3.05) is 5.32 Å². The monoisotopic (exact) mass is 463 g/mol. The molecule has 1 atom stereocenters. The highest BCUT2D eigenvalue weighted by molar-refractivity contribution is 7.99. The molecule has 0 bridgehead atoms. The lowest BCUT2D eigenvalue weighted by Crippen LogP contribution is -2.24. The number of para-hydroxylation sites is 1. The Morgan fingerprint density at radius 3 is 2.69 bits per heavy atom.